The van der Waals surface area contributed by atoms with Crippen LogP contribution in [0, 0.1) is 10.2 Å². The van der Waals surface area contributed by atoms with E-state index in [9.17, 15) is 14.0 Å². The SMILES string of the molecule is CC(C)N(O[Cl+3]([O-])([O-])[O-])C(C)C. The van der Waals surface area contributed by atoms with Gasteiger partial charge in [-0.15, -0.1) is 0 Å². The Morgan fingerprint density at radius 3 is 1.42 bits per heavy atom. The van der Waals surface area contributed by atoms with E-state index in [-0.39, 0.29) is 12.1 Å². The van der Waals surface area contributed by atoms with Crippen LogP contribution in [-0.4, -0.2) is 17.1 Å². The second kappa shape index (κ2) is 4.36. The highest BCUT2D eigenvalue weighted by Crippen LogP contribution is 2.08. The third-order valence-corrected chi connectivity index (χ3v) is 1.51. The lowest BCUT2D eigenvalue weighted by Crippen LogP contribution is -2.64. The van der Waals surface area contributed by atoms with Crippen molar-refractivity contribution in [2.24, 2.45) is 0 Å². The van der Waals surface area contributed by atoms with Gasteiger partial charge < -0.3 is 0 Å². The van der Waals surface area contributed by atoms with Gasteiger partial charge in [-0.3, -0.25) is 0 Å². The van der Waals surface area contributed by atoms with Crippen LogP contribution in [0.1, 0.15) is 27.7 Å². The summed E-state index contributed by atoms with van der Waals surface area (Å²) < 4.78 is 34.8. The van der Waals surface area contributed by atoms with Crippen LogP contribution in [0.25, 0.3) is 0 Å². The Bertz CT molecular complexity index is 126. The molecule has 74 valence electrons. The van der Waals surface area contributed by atoms with E-state index in [1.807, 2.05) is 0 Å². The summed E-state index contributed by atoms with van der Waals surface area (Å²) in [6.45, 7) is 6.95. The maximum absolute atomic E-state index is 10.2. The minimum Gasteiger partial charge on any atom is -0.181 e. The van der Waals surface area contributed by atoms with Crippen LogP contribution in [0.5, 0.6) is 0 Å². The largest absolute Gasteiger partial charge is 0.181 e. The molecule has 0 atom stereocenters. The van der Waals surface area contributed by atoms with E-state index in [2.05, 4.69) is 4.39 Å². The number of rotatable bonds is 4. The predicted molar refractivity (Wildman–Crippen MR) is 33.2 cm³/mol. The molecule has 5 nitrogen and oxygen atoms in total. The molecule has 0 spiro atoms. The zero-order chi connectivity index (χ0) is 9.94. The van der Waals surface area contributed by atoms with Gasteiger partial charge in [0.05, 0.1) is 0 Å². The van der Waals surface area contributed by atoms with Crippen molar-refractivity contribution in [3.8, 4) is 0 Å². The van der Waals surface area contributed by atoms with Crippen molar-refractivity contribution >= 4 is 0 Å². The second-order valence-corrected chi connectivity index (χ2v) is 3.89. The van der Waals surface area contributed by atoms with E-state index in [1.165, 1.54) is 0 Å². The lowest BCUT2D eigenvalue weighted by atomic mass is 10.3. The molecule has 0 N–H and O–H groups in total. The van der Waals surface area contributed by atoms with Gasteiger partial charge in [-0.2, -0.15) is 14.0 Å². The molecule has 0 aliphatic carbocycles. The fourth-order valence-electron chi connectivity index (χ4n) is 0.853. The molecular formula is C6H14ClNO4. The number of hydrogen-bond acceptors (Lipinski definition) is 5. The summed E-state index contributed by atoms with van der Waals surface area (Å²) in [6.07, 6.45) is 0. The first-order chi connectivity index (χ1) is 5.24. The van der Waals surface area contributed by atoms with Gasteiger partial charge >= 0.3 is 0 Å². The number of hydroxylamine groups is 2. The molecular weight excluding hydrogens is 186 g/mol. The Labute approximate surface area is 74.2 Å². The molecule has 0 heterocycles. The van der Waals surface area contributed by atoms with Gasteiger partial charge in [-0.25, -0.2) is 0 Å². The molecule has 0 aliphatic rings. The number of halogens is 1. The van der Waals surface area contributed by atoms with Crippen molar-refractivity contribution < 1.29 is 28.6 Å². The van der Waals surface area contributed by atoms with Gasteiger partial charge in [0.15, 0.2) is 4.39 Å². The third kappa shape index (κ3) is 4.87. The molecule has 0 aliphatic heterocycles. The maximum Gasteiger partial charge on any atom is 0.179 e. The third-order valence-electron chi connectivity index (χ3n) is 1.18. The number of nitrogens with zero attached hydrogens (tertiary/aromatic N) is 1. The van der Waals surface area contributed by atoms with E-state index in [1.54, 1.807) is 27.7 Å². The van der Waals surface area contributed by atoms with Crippen molar-refractivity contribution in [1.29, 1.82) is 0 Å². The van der Waals surface area contributed by atoms with Gasteiger partial charge in [0.1, 0.15) is 10.2 Å². The first-order valence-corrected chi connectivity index (χ1v) is 4.86. The summed E-state index contributed by atoms with van der Waals surface area (Å²) in [4.78, 5) is 0. The smallest absolute Gasteiger partial charge is 0.179 e. The van der Waals surface area contributed by atoms with Crippen LogP contribution in [0.2, 0.25) is 0 Å². The van der Waals surface area contributed by atoms with Gasteiger partial charge in [0.25, 0.3) is 0 Å². The lowest BCUT2D eigenvalue weighted by Gasteiger charge is -2.25. The van der Waals surface area contributed by atoms with E-state index in [4.69, 9.17) is 0 Å². The minimum absolute atomic E-state index is 0.152. The van der Waals surface area contributed by atoms with Crippen LogP contribution in [0.3, 0.4) is 0 Å². The first kappa shape index (κ1) is 12.1. The van der Waals surface area contributed by atoms with Crippen LogP contribution in [0.4, 0.5) is 0 Å². The molecule has 0 rings (SSSR count). The Balaban J connectivity index is 4.15. The molecule has 12 heavy (non-hydrogen) atoms. The first-order valence-electron chi connectivity index (χ1n) is 3.63. The van der Waals surface area contributed by atoms with Crippen LogP contribution >= 0.6 is 0 Å². The minimum atomic E-state index is -4.37. The maximum atomic E-state index is 10.2. The predicted octanol–water partition coefficient (Wildman–Crippen LogP) is -2.07. The van der Waals surface area contributed by atoms with Crippen LogP contribution < -0.4 is 14.0 Å². The molecule has 0 fully saturated rings. The molecule has 0 bridgehead atoms. The van der Waals surface area contributed by atoms with Gasteiger partial charge in [0.2, 0.25) is 0 Å². The number of hydrogen-bond donors (Lipinski definition) is 0. The summed E-state index contributed by atoms with van der Waals surface area (Å²) in [6, 6.07) is -0.303. The fourth-order valence-corrected chi connectivity index (χ4v) is 1.37. The van der Waals surface area contributed by atoms with Crippen molar-refractivity contribution in [2.75, 3.05) is 0 Å². The Morgan fingerprint density at radius 1 is 1.00 bits per heavy atom. The molecule has 0 saturated carbocycles. The highest BCUT2D eigenvalue weighted by Gasteiger charge is 2.30. The van der Waals surface area contributed by atoms with Crippen molar-refractivity contribution in [1.82, 2.24) is 5.06 Å². The Kier molecular flexibility index (Phi) is 4.39. The van der Waals surface area contributed by atoms with Crippen molar-refractivity contribution in [3.63, 3.8) is 0 Å². The topological polar surface area (TPSA) is 81.7 Å². The molecule has 0 unspecified atom stereocenters. The summed E-state index contributed by atoms with van der Waals surface area (Å²) in [7, 11) is -4.37. The standard InChI is InChI=1S/C6H14ClNO4/c1-5(2)8(6(3)4)12-7(9,10)11/h5-6H,1-4H3. The van der Waals surface area contributed by atoms with Gasteiger partial charge in [-0.05, 0) is 32.8 Å². The molecule has 6 heteroatoms. The Hall–Kier alpha value is 0.0900. The van der Waals surface area contributed by atoms with Crippen molar-refractivity contribution in [3.05, 3.63) is 0 Å². The molecule has 0 radical (unpaired) electrons. The zero-order valence-corrected chi connectivity index (χ0v) is 8.37. The summed E-state index contributed by atoms with van der Waals surface area (Å²) in [5.74, 6) is 0. The summed E-state index contributed by atoms with van der Waals surface area (Å²) >= 11 is 0. The van der Waals surface area contributed by atoms with Crippen LogP contribution in [-0.2, 0) is 4.39 Å². The fraction of sp³-hybridized carbons (Fsp3) is 1.00. The highest BCUT2D eigenvalue weighted by molar-refractivity contribution is 4.55. The highest BCUT2D eigenvalue weighted by atomic mass is 35.7. The quantitative estimate of drug-likeness (QED) is 0.486. The Morgan fingerprint density at radius 2 is 1.33 bits per heavy atom. The van der Waals surface area contributed by atoms with E-state index >= 15 is 0 Å². The van der Waals surface area contributed by atoms with E-state index < -0.39 is 10.2 Å². The monoisotopic (exact) mass is 199 g/mol. The summed E-state index contributed by atoms with van der Waals surface area (Å²) in [5, 5.41) is 1.13. The van der Waals surface area contributed by atoms with E-state index in [0.29, 0.717) is 0 Å². The second-order valence-electron chi connectivity index (χ2n) is 2.99. The summed E-state index contributed by atoms with van der Waals surface area (Å²) in [5.41, 5.74) is 0. The molecule has 0 aromatic rings. The van der Waals surface area contributed by atoms with E-state index in [0.717, 1.165) is 5.06 Å². The van der Waals surface area contributed by atoms with Crippen LogP contribution in [0.15, 0.2) is 0 Å². The molecule has 0 aromatic carbocycles. The van der Waals surface area contributed by atoms with Gasteiger partial charge in [-0.1, -0.05) is 0 Å². The lowest BCUT2D eigenvalue weighted by molar-refractivity contribution is -1.93. The zero-order valence-electron chi connectivity index (χ0n) is 7.61. The molecule has 0 amide bonds. The molecule has 0 saturated heterocycles. The molecule has 0 aromatic heterocycles. The van der Waals surface area contributed by atoms with Crippen molar-refractivity contribution in [2.45, 2.75) is 39.8 Å². The van der Waals surface area contributed by atoms with Gasteiger partial charge in [0, 0.05) is 12.1 Å². The average molecular weight is 200 g/mol. The average Bonchev–Trinajstić information content (AvgIpc) is 1.79. The normalized spacial score (nSPS) is 13.5.